The molecule has 1 aromatic carbocycles. The Morgan fingerprint density at radius 1 is 1.44 bits per heavy atom. The molecule has 0 bridgehead atoms. The third-order valence-corrected chi connectivity index (χ3v) is 2.11. The van der Waals surface area contributed by atoms with Crippen LogP contribution in [0, 0.1) is 10.1 Å². The van der Waals surface area contributed by atoms with E-state index >= 15 is 0 Å². The maximum atomic E-state index is 11.6. The monoisotopic (exact) mass is 254 g/mol. The minimum atomic E-state index is -1.45. The van der Waals surface area contributed by atoms with E-state index in [1.54, 1.807) is 0 Å². The van der Waals surface area contributed by atoms with Crippen molar-refractivity contribution in [1.82, 2.24) is 5.32 Å². The van der Waals surface area contributed by atoms with Crippen molar-refractivity contribution in [1.29, 1.82) is 0 Å². The highest BCUT2D eigenvalue weighted by atomic mass is 16.6. The summed E-state index contributed by atoms with van der Waals surface area (Å²) in [5.41, 5.74) is -0.331. The number of aliphatic carboxylic acids is 1. The fourth-order valence-corrected chi connectivity index (χ4v) is 1.19. The van der Waals surface area contributed by atoms with E-state index in [9.17, 15) is 19.7 Å². The number of hydrogen-bond donors (Lipinski definition) is 3. The number of rotatable bonds is 5. The van der Waals surface area contributed by atoms with Crippen LogP contribution >= 0.6 is 0 Å². The van der Waals surface area contributed by atoms with Gasteiger partial charge < -0.3 is 15.5 Å². The molecular formula is C10H10N2O6. The molecule has 0 aliphatic rings. The van der Waals surface area contributed by atoms with Gasteiger partial charge in [0.1, 0.15) is 0 Å². The van der Waals surface area contributed by atoms with Gasteiger partial charge in [0.25, 0.3) is 11.6 Å². The summed E-state index contributed by atoms with van der Waals surface area (Å²) in [6.07, 6.45) is 0. The highest BCUT2D eigenvalue weighted by molar-refractivity contribution is 5.97. The number of nitrogens with zero attached hydrogens (tertiary/aromatic N) is 1. The second-order valence-electron chi connectivity index (χ2n) is 3.35. The van der Waals surface area contributed by atoms with Gasteiger partial charge in [-0.2, -0.15) is 0 Å². The summed E-state index contributed by atoms with van der Waals surface area (Å²) in [5.74, 6) is -2.20. The van der Waals surface area contributed by atoms with Crippen molar-refractivity contribution in [2.45, 2.75) is 6.04 Å². The first-order chi connectivity index (χ1) is 8.45. The predicted octanol–water partition coefficient (Wildman–Crippen LogP) is -0.230. The Hall–Kier alpha value is -2.48. The molecule has 0 aliphatic heterocycles. The Labute approximate surface area is 101 Å². The van der Waals surface area contributed by atoms with Crippen LogP contribution in [0.1, 0.15) is 10.4 Å². The molecule has 1 amide bonds. The number of carbonyl (C=O) groups excluding carboxylic acids is 1. The van der Waals surface area contributed by atoms with E-state index in [0.717, 1.165) is 6.07 Å². The lowest BCUT2D eigenvalue weighted by Crippen LogP contribution is -2.43. The first-order valence-electron chi connectivity index (χ1n) is 4.84. The Morgan fingerprint density at radius 3 is 2.61 bits per heavy atom. The minimum Gasteiger partial charge on any atom is -0.480 e. The summed E-state index contributed by atoms with van der Waals surface area (Å²) in [6, 6.07) is 3.39. The van der Waals surface area contributed by atoms with Crippen LogP contribution < -0.4 is 5.32 Å². The largest absolute Gasteiger partial charge is 0.480 e. The van der Waals surface area contributed by atoms with E-state index < -0.39 is 29.4 Å². The van der Waals surface area contributed by atoms with Crippen molar-refractivity contribution < 1.29 is 24.7 Å². The van der Waals surface area contributed by atoms with Crippen LogP contribution in [0.3, 0.4) is 0 Å². The van der Waals surface area contributed by atoms with Gasteiger partial charge in [0, 0.05) is 17.7 Å². The normalized spacial score (nSPS) is 11.6. The van der Waals surface area contributed by atoms with Crippen LogP contribution in [0.25, 0.3) is 0 Å². The van der Waals surface area contributed by atoms with Gasteiger partial charge in [0.15, 0.2) is 6.04 Å². The number of non-ortho nitro benzene ring substituents is 1. The van der Waals surface area contributed by atoms with E-state index in [2.05, 4.69) is 0 Å². The van der Waals surface area contributed by atoms with E-state index in [-0.39, 0.29) is 11.3 Å². The van der Waals surface area contributed by atoms with Gasteiger partial charge in [-0.1, -0.05) is 6.07 Å². The predicted molar refractivity (Wildman–Crippen MR) is 59.1 cm³/mol. The van der Waals surface area contributed by atoms with Gasteiger partial charge >= 0.3 is 5.97 Å². The topological polar surface area (TPSA) is 130 Å². The average Bonchev–Trinajstić information content (AvgIpc) is 2.35. The highest BCUT2D eigenvalue weighted by Gasteiger charge is 2.20. The molecular weight excluding hydrogens is 244 g/mol. The number of hydrogen-bond acceptors (Lipinski definition) is 5. The number of carboxylic acid groups (broad SMARTS) is 1. The zero-order valence-corrected chi connectivity index (χ0v) is 9.07. The lowest BCUT2D eigenvalue weighted by Gasteiger charge is -2.11. The highest BCUT2D eigenvalue weighted by Crippen LogP contribution is 2.12. The quantitative estimate of drug-likeness (QED) is 0.491. The molecule has 0 saturated heterocycles. The molecule has 8 heteroatoms. The van der Waals surface area contributed by atoms with Crippen LogP contribution in [0.2, 0.25) is 0 Å². The molecule has 1 atom stereocenters. The SMILES string of the molecule is O=C(NC(CO)C(=O)O)c1cccc([N+](=O)[O-])c1. The number of aliphatic hydroxyl groups is 1. The summed E-state index contributed by atoms with van der Waals surface area (Å²) >= 11 is 0. The molecule has 0 aromatic heterocycles. The maximum Gasteiger partial charge on any atom is 0.328 e. The molecule has 96 valence electrons. The Bertz CT molecular complexity index is 487. The zero-order chi connectivity index (χ0) is 13.7. The van der Waals surface area contributed by atoms with E-state index in [0.29, 0.717) is 0 Å². The first-order valence-corrected chi connectivity index (χ1v) is 4.84. The molecule has 8 nitrogen and oxygen atoms in total. The molecule has 3 N–H and O–H groups in total. The van der Waals surface area contributed by atoms with Crippen molar-refractivity contribution in [2.24, 2.45) is 0 Å². The van der Waals surface area contributed by atoms with Crippen LogP contribution in [-0.4, -0.2) is 39.7 Å². The van der Waals surface area contributed by atoms with Crippen LogP contribution in [-0.2, 0) is 4.79 Å². The third kappa shape index (κ3) is 3.25. The first kappa shape index (κ1) is 13.6. The molecule has 0 saturated carbocycles. The van der Waals surface area contributed by atoms with Crippen molar-refractivity contribution in [3.8, 4) is 0 Å². The molecule has 0 radical (unpaired) electrons. The number of carboxylic acids is 1. The molecule has 0 aliphatic carbocycles. The van der Waals surface area contributed by atoms with Gasteiger partial charge in [-0.25, -0.2) is 4.79 Å². The number of amides is 1. The molecule has 1 rings (SSSR count). The van der Waals surface area contributed by atoms with Gasteiger partial charge in [-0.15, -0.1) is 0 Å². The number of aliphatic hydroxyl groups excluding tert-OH is 1. The summed E-state index contributed by atoms with van der Waals surface area (Å²) in [7, 11) is 0. The number of benzene rings is 1. The molecule has 1 aromatic rings. The van der Waals surface area contributed by atoms with Gasteiger partial charge in [-0.05, 0) is 6.07 Å². The minimum absolute atomic E-state index is 0.0519. The fourth-order valence-electron chi connectivity index (χ4n) is 1.19. The lowest BCUT2D eigenvalue weighted by atomic mass is 10.1. The van der Waals surface area contributed by atoms with Crippen LogP contribution in [0.15, 0.2) is 24.3 Å². The third-order valence-electron chi connectivity index (χ3n) is 2.11. The van der Waals surface area contributed by atoms with Crippen molar-refractivity contribution in [2.75, 3.05) is 6.61 Å². The number of nitrogens with one attached hydrogen (secondary N) is 1. The van der Waals surface area contributed by atoms with Crippen molar-refractivity contribution in [3.63, 3.8) is 0 Å². The van der Waals surface area contributed by atoms with Crippen molar-refractivity contribution >= 4 is 17.6 Å². The maximum absolute atomic E-state index is 11.6. The summed E-state index contributed by atoms with van der Waals surface area (Å²) < 4.78 is 0. The van der Waals surface area contributed by atoms with Crippen LogP contribution in [0.4, 0.5) is 5.69 Å². The van der Waals surface area contributed by atoms with E-state index in [1.807, 2.05) is 5.32 Å². The van der Waals surface area contributed by atoms with Gasteiger partial charge in [-0.3, -0.25) is 14.9 Å². The van der Waals surface area contributed by atoms with E-state index in [1.165, 1.54) is 18.2 Å². The van der Waals surface area contributed by atoms with Gasteiger partial charge in [0.2, 0.25) is 0 Å². The molecule has 0 heterocycles. The number of nitro benzene ring substituents is 1. The average molecular weight is 254 g/mol. The molecule has 18 heavy (non-hydrogen) atoms. The van der Waals surface area contributed by atoms with Gasteiger partial charge in [0.05, 0.1) is 11.5 Å². The fraction of sp³-hybridized carbons (Fsp3) is 0.200. The lowest BCUT2D eigenvalue weighted by molar-refractivity contribution is -0.384. The summed E-state index contributed by atoms with van der Waals surface area (Å²) in [5, 5.41) is 29.9. The van der Waals surface area contributed by atoms with Crippen LogP contribution in [0.5, 0.6) is 0 Å². The second kappa shape index (κ2) is 5.73. The van der Waals surface area contributed by atoms with Crippen molar-refractivity contribution in [3.05, 3.63) is 39.9 Å². The Kier molecular flexibility index (Phi) is 4.33. The molecule has 0 fully saturated rings. The Morgan fingerprint density at radius 2 is 2.11 bits per heavy atom. The summed E-state index contributed by atoms with van der Waals surface area (Å²) in [4.78, 5) is 32.0. The van der Waals surface area contributed by atoms with E-state index in [4.69, 9.17) is 10.2 Å². The standard InChI is InChI=1S/C10H10N2O6/c13-5-8(10(15)16)11-9(14)6-2-1-3-7(4-6)12(17)18/h1-4,8,13H,5H2,(H,11,14)(H,15,16). The molecule has 0 spiro atoms. The summed E-state index contributed by atoms with van der Waals surface area (Å²) in [6.45, 7) is -0.768. The number of carbonyl (C=O) groups is 2. The smallest absolute Gasteiger partial charge is 0.328 e. The Balaban J connectivity index is 2.87. The number of nitro groups is 1. The second-order valence-corrected chi connectivity index (χ2v) is 3.35. The molecule has 1 unspecified atom stereocenters. The zero-order valence-electron chi connectivity index (χ0n) is 9.07.